The molecule has 0 aromatic heterocycles. The van der Waals surface area contributed by atoms with Crippen LogP contribution >= 0.6 is 0 Å². The lowest BCUT2D eigenvalue weighted by Gasteiger charge is -2.37. The molecule has 2 rings (SSSR count). The van der Waals surface area contributed by atoms with Crippen LogP contribution in [0.1, 0.15) is 31.2 Å². The summed E-state index contributed by atoms with van der Waals surface area (Å²) in [6, 6.07) is 7.99. The zero-order chi connectivity index (χ0) is 13.7. The minimum Gasteiger partial charge on any atom is -0.399 e. The van der Waals surface area contributed by atoms with Crippen molar-refractivity contribution in [3.05, 3.63) is 29.8 Å². The lowest BCUT2D eigenvalue weighted by molar-refractivity contribution is -0.135. The van der Waals surface area contributed by atoms with Crippen molar-refractivity contribution >= 4 is 11.6 Å². The van der Waals surface area contributed by atoms with Crippen LogP contribution in [-0.2, 0) is 11.2 Å². The first-order chi connectivity index (χ1) is 9.20. The number of benzene rings is 1. The van der Waals surface area contributed by atoms with Crippen molar-refractivity contribution in [2.45, 2.75) is 38.1 Å². The molecule has 4 heteroatoms. The summed E-state index contributed by atoms with van der Waals surface area (Å²) < 4.78 is 0. The summed E-state index contributed by atoms with van der Waals surface area (Å²) in [5.74, 6) is 0.149. The smallest absolute Gasteiger partial charge is 0.223 e. The summed E-state index contributed by atoms with van der Waals surface area (Å²) >= 11 is 0. The summed E-state index contributed by atoms with van der Waals surface area (Å²) in [7, 11) is 0. The van der Waals surface area contributed by atoms with Gasteiger partial charge in [0.15, 0.2) is 0 Å². The van der Waals surface area contributed by atoms with Gasteiger partial charge in [0.1, 0.15) is 0 Å². The summed E-state index contributed by atoms with van der Waals surface area (Å²) in [5.41, 5.74) is 7.50. The van der Waals surface area contributed by atoms with Crippen LogP contribution in [0.15, 0.2) is 24.3 Å². The van der Waals surface area contributed by atoms with Gasteiger partial charge in [-0.15, -0.1) is 0 Å². The molecule has 4 nitrogen and oxygen atoms in total. The van der Waals surface area contributed by atoms with E-state index in [1.807, 2.05) is 29.2 Å². The number of amides is 1. The highest BCUT2D eigenvalue weighted by Crippen LogP contribution is 2.25. The van der Waals surface area contributed by atoms with Gasteiger partial charge in [0.25, 0.3) is 0 Å². The number of nitrogen functional groups attached to an aromatic ring is 1. The van der Waals surface area contributed by atoms with Gasteiger partial charge >= 0.3 is 0 Å². The molecule has 1 aromatic carbocycles. The molecule has 0 atom stereocenters. The number of aliphatic hydroxyl groups excluding tert-OH is 1. The molecule has 1 saturated carbocycles. The minimum atomic E-state index is 0.0457. The third-order valence-electron chi connectivity index (χ3n) is 3.78. The predicted molar refractivity (Wildman–Crippen MR) is 75.6 cm³/mol. The molecule has 0 aliphatic heterocycles. The third kappa shape index (κ3) is 3.70. The maximum atomic E-state index is 12.2. The molecular formula is C15H22N2O2. The Balaban J connectivity index is 1.86. The second kappa shape index (κ2) is 6.57. The lowest BCUT2D eigenvalue weighted by atomic mass is 9.91. The first kappa shape index (κ1) is 13.9. The molecule has 0 radical (unpaired) electrons. The van der Waals surface area contributed by atoms with Gasteiger partial charge in [-0.25, -0.2) is 0 Å². The van der Waals surface area contributed by atoms with Crippen LogP contribution in [0.3, 0.4) is 0 Å². The number of hydrogen-bond acceptors (Lipinski definition) is 3. The van der Waals surface area contributed by atoms with Crippen molar-refractivity contribution in [1.29, 1.82) is 0 Å². The van der Waals surface area contributed by atoms with Crippen LogP contribution in [0.5, 0.6) is 0 Å². The number of hydrogen-bond donors (Lipinski definition) is 2. The first-order valence-electron chi connectivity index (χ1n) is 6.95. The fraction of sp³-hybridized carbons (Fsp3) is 0.533. The average molecular weight is 262 g/mol. The van der Waals surface area contributed by atoms with Crippen molar-refractivity contribution in [1.82, 2.24) is 4.90 Å². The van der Waals surface area contributed by atoms with Crippen LogP contribution in [0.4, 0.5) is 5.69 Å². The minimum absolute atomic E-state index is 0.0457. The second-order valence-corrected chi connectivity index (χ2v) is 5.14. The van der Waals surface area contributed by atoms with Gasteiger partial charge in [0.2, 0.25) is 5.91 Å². The van der Waals surface area contributed by atoms with E-state index >= 15 is 0 Å². The van der Waals surface area contributed by atoms with E-state index in [0.717, 1.165) is 30.5 Å². The van der Waals surface area contributed by atoms with Gasteiger partial charge < -0.3 is 15.7 Å². The number of carbonyl (C=O) groups is 1. The number of nitrogens with zero attached hydrogens (tertiary/aromatic N) is 1. The Labute approximate surface area is 114 Å². The normalized spacial score (nSPS) is 15.0. The SMILES string of the molecule is Nc1ccc(CCC(=O)N(CCO)C2CCC2)cc1. The molecule has 0 saturated heterocycles. The molecule has 1 aliphatic rings. The van der Waals surface area contributed by atoms with Crippen molar-refractivity contribution in [2.24, 2.45) is 0 Å². The lowest BCUT2D eigenvalue weighted by Crippen LogP contribution is -2.45. The Kier molecular flexibility index (Phi) is 4.80. The molecule has 1 amide bonds. The fourth-order valence-electron chi connectivity index (χ4n) is 2.40. The second-order valence-electron chi connectivity index (χ2n) is 5.14. The molecule has 1 aromatic rings. The van der Waals surface area contributed by atoms with E-state index in [1.54, 1.807) is 0 Å². The number of aryl methyl sites for hydroxylation is 1. The highest BCUT2D eigenvalue weighted by molar-refractivity contribution is 5.77. The standard InChI is InChI=1S/C15H22N2O2/c16-13-7-4-12(5-8-13)6-9-15(19)17(10-11-18)14-2-1-3-14/h4-5,7-8,14,18H,1-3,6,9-11,16H2. The highest BCUT2D eigenvalue weighted by Gasteiger charge is 2.27. The van der Waals surface area contributed by atoms with Gasteiger partial charge in [-0.05, 0) is 43.4 Å². The van der Waals surface area contributed by atoms with Crippen LogP contribution in [0.2, 0.25) is 0 Å². The molecule has 0 bridgehead atoms. The molecule has 1 fully saturated rings. The number of nitrogens with two attached hydrogens (primary N) is 1. The van der Waals surface area contributed by atoms with Gasteiger partial charge in [-0.1, -0.05) is 12.1 Å². The Morgan fingerprint density at radius 3 is 2.53 bits per heavy atom. The Morgan fingerprint density at radius 2 is 2.00 bits per heavy atom. The molecule has 104 valence electrons. The van der Waals surface area contributed by atoms with Gasteiger partial charge in [-0.2, -0.15) is 0 Å². The van der Waals surface area contributed by atoms with Crippen LogP contribution in [0.25, 0.3) is 0 Å². The van der Waals surface area contributed by atoms with Gasteiger partial charge in [-0.3, -0.25) is 4.79 Å². The van der Waals surface area contributed by atoms with Crippen molar-refractivity contribution in [3.8, 4) is 0 Å². The summed E-state index contributed by atoms with van der Waals surface area (Å²) in [6.07, 6.45) is 4.58. The quantitative estimate of drug-likeness (QED) is 0.765. The number of rotatable bonds is 6. The van der Waals surface area contributed by atoms with E-state index in [0.29, 0.717) is 19.0 Å². The summed E-state index contributed by atoms with van der Waals surface area (Å²) in [5, 5.41) is 9.06. The zero-order valence-corrected chi connectivity index (χ0v) is 11.2. The van der Waals surface area contributed by atoms with Gasteiger partial charge in [0, 0.05) is 24.7 Å². The molecule has 19 heavy (non-hydrogen) atoms. The Hall–Kier alpha value is -1.55. The number of carbonyl (C=O) groups excluding carboxylic acids is 1. The van der Waals surface area contributed by atoms with E-state index in [2.05, 4.69) is 0 Å². The average Bonchev–Trinajstić information content (AvgIpc) is 2.35. The van der Waals surface area contributed by atoms with E-state index in [1.165, 1.54) is 6.42 Å². The van der Waals surface area contributed by atoms with Crippen LogP contribution in [0, 0.1) is 0 Å². The molecule has 3 N–H and O–H groups in total. The van der Waals surface area contributed by atoms with Crippen molar-refractivity contribution < 1.29 is 9.90 Å². The molecular weight excluding hydrogens is 240 g/mol. The van der Waals surface area contributed by atoms with Crippen LogP contribution < -0.4 is 5.73 Å². The van der Waals surface area contributed by atoms with Crippen molar-refractivity contribution in [2.75, 3.05) is 18.9 Å². The Bertz CT molecular complexity index is 413. The molecule has 1 aliphatic carbocycles. The first-order valence-corrected chi connectivity index (χ1v) is 6.95. The predicted octanol–water partition coefficient (Wildman–Crippen LogP) is 1.57. The summed E-state index contributed by atoms with van der Waals surface area (Å²) in [4.78, 5) is 14.0. The zero-order valence-electron chi connectivity index (χ0n) is 11.2. The summed E-state index contributed by atoms with van der Waals surface area (Å²) in [6.45, 7) is 0.509. The fourth-order valence-corrected chi connectivity index (χ4v) is 2.40. The maximum Gasteiger partial charge on any atom is 0.223 e. The Morgan fingerprint density at radius 1 is 1.32 bits per heavy atom. The largest absolute Gasteiger partial charge is 0.399 e. The van der Waals surface area contributed by atoms with E-state index < -0.39 is 0 Å². The van der Waals surface area contributed by atoms with E-state index in [9.17, 15) is 4.79 Å². The number of aliphatic hydroxyl groups is 1. The van der Waals surface area contributed by atoms with Gasteiger partial charge in [0.05, 0.1) is 6.61 Å². The van der Waals surface area contributed by atoms with Crippen molar-refractivity contribution in [3.63, 3.8) is 0 Å². The van der Waals surface area contributed by atoms with Crippen LogP contribution in [-0.4, -0.2) is 35.1 Å². The molecule has 0 spiro atoms. The maximum absolute atomic E-state index is 12.2. The third-order valence-corrected chi connectivity index (χ3v) is 3.78. The topological polar surface area (TPSA) is 66.6 Å². The van der Waals surface area contributed by atoms with E-state index in [4.69, 9.17) is 10.8 Å². The van der Waals surface area contributed by atoms with E-state index in [-0.39, 0.29) is 12.5 Å². The molecule has 0 unspecified atom stereocenters. The highest BCUT2D eigenvalue weighted by atomic mass is 16.3. The number of anilines is 1. The monoisotopic (exact) mass is 262 g/mol. The molecule has 0 heterocycles.